The molecule has 0 fully saturated rings. The second kappa shape index (κ2) is 7.12. The maximum atomic E-state index is 11.2. The molecule has 8 heteroatoms. The third kappa shape index (κ3) is 4.71. The van der Waals surface area contributed by atoms with Gasteiger partial charge in [0.05, 0.1) is 19.1 Å². The summed E-state index contributed by atoms with van der Waals surface area (Å²) in [6.45, 7) is 0. The molecule has 3 aromatic rings. The van der Waals surface area contributed by atoms with Crippen molar-refractivity contribution in [1.29, 1.82) is 0 Å². The topological polar surface area (TPSA) is 80.3 Å². The van der Waals surface area contributed by atoms with E-state index in [0.29, 0.717) is 5.69 Å². The smallest absolute Gasteiger partial charge is 0.229 e. The number of sulfonamides is 1. The first-order chi connectivity index (χ1) is 11.9. The van der Waals surface area contributed by atoms with E-state index in [-0.39, 0.29) is 0 Å². The van der Waals surface area contributed by atoms with Crippen LogP contribution in [0.3, 0.4) is 0 Å². The molecule has 6 nitrogen and oxygen atoms in total. The third-order valence-electron chi connectivity index (χ3n) is 3.31. The highest BCUT2D eigenvalue weighted by Crippen LogP contribution is 2.29. The summed E-state index contributed by atoms with van der Waals surface area (Å²) in [5, 5.41) is 5.96. The molecular weight excluding hydrogens is 358 g/mol. The Morgan fingerprint density at radius 3 is 2.52 bits per heavy atom. The predicted octanol–water partition coefficient (Wildman–Crippen LogP) is 3.93. The number of methoxy groups -OCH3 is 1. The van der Waals surface area contributed by atoms with Gasteiger partial charge in [0.25, 0.3) is 0 Å². The number of ether oxygens (including phenoxy) is 1. The van der Waals surface area contributed by atoms with Gasteiger partial charge in [0, 0.05) is 28.4 Å². The molecule has 0 aliphatic rings. The van der Waals surface area contributed by atoms with E-state index >= 15 is 0 Å². The number of aromatic nitrogens is 1. The van der Waals surface area contributed by atoms with Gasteiger partial charge in [-0.3, -0.25) is 4.72 Å². The summed E-state index contributed by atoms with van der Waals surface area (Å²) in [6, 6.07) is 14.7. The lowest BCUT2D eigenvalue weighted by Crippen LogP contribution is -2.09. The second-order valence-electron chi connectivity index (χ2n) is 5.35. The Balaban J connectivity index is 1.74. The molecule has 1 aromatic heterocycles. The van der Waals surface area contributed by atoms with Crippen molar-refractivity contribution in [2.75, 3.05) is 23.4 Å². The van der Waals surface area contributed by atoms with Crippen molar-refractivity contribution in [1.82, 2.24) is 4.98 Å². The highest BCUT2D eigenvalue weighted by Gasteiger charge is 2.07. The predicted molar refractivity (Wildman–Crippen MR) is 102 cm³/mol. The number of thiazole rings is 1. The fraction of sp³-hybridized carbons (Fsp3) is 0.118. The van der Waals surface area contributed by atoms with Crippen LogP contribution in [0.25, 0.3) is 11.3 Å². The van der Waals surface area contributed by atoms with Crippen LogP contribution in [0, 0.1) is 0 Å². The van der Waals surface area contributed by atoms with E-state index in [4.69, 9.17) is 4.74 Å². The van der Waals surface area contributed by atoms with Crippen LogP contribution >= 0.6 is 11.3 Å². The van der Waals surface area contributed by atoms with Gasteiger partial charge in [0.15, 0.2) is 5.13 Å². The zero-order valence-corrected chi connectivity index (χ0v) is 15.3. The van der Waals surface area contributed by atoms with E-state index in [1.54, 1.807) is 19.2 Å². The van der Waals surface area contributed by atoms with Crippen LogP contribution < -0.4 is 14.8 Å². The molecule has 0 aliphatic carbocycles. The van der Waals surface area contributed by atoms with Crippen molar-refractivity contribution in [2.45, 2.75) is 0 Å². The van der Waals surface area contributed by atoms with E-state index in [1.807, 2.05) is 41.8 Å². The molecular formula is C17H17N3O3S2. The minimum absolute atomic E-state index is 0.524. The SMILES string of the molecule is COc1cccc(Nc2nc(-c3ccc(NS(C)(=O)=O)cc3)cs2)c1. The van der Waals surface area contributed by atoms with E-state index in [9.17, 15) is 8.42 Å². The second-order valence-corrected chi connectivity index (χ2v) is 7.95. The average molecular weight is 375 g/mol. The molecule has 0 amide bonds. The van der Waals surface area contributed by atoms with Gasteiger partial charge in [0.1, 0.15) is 5.75 Å². The van der Waals surface area contributed by atoms with Crippen molar-refractivity contribution in [3.05, 3.63) is 53.9 Å². The van der Waals surface area contributed by atoms with E-state index in [0.717, 1.165) is 34.1 Å². The molecule has 0 spiro atoms. The molecule has 130 valence electrons. The van der Waals surface area contributed by atoms with Crippen molar-refractivity contribution in [3.8, 4) is 17.0 Å². The average Bonchev–Trinajstić information content (AvgIpc) is 3.03. The molecule has 0 saturated heterocycles. The summed E-state index contributed by atoms with van der Waals surface area (Å²) >= 11 is 1.49. The molecule has 0 aliphatic heterocycles. The van der Waals surface area contributed by atoms with Gasteiger partial charge in [-0.2, -0.15) is 0 Å². The number of nitrogens with zero attached hydrogens (tertiary/aromatic N) is 1. The van der Waals surface area contributed by atoms with Gasteiger partial charge < -0.3 is 10.1 Å². The summed E-state index contributed by atoms with van der Waals surface area (Å²) in [4.78, 5) is 4.56. The normalized spacial score (nSPS) is 11.1. The molecule has 25 heavy (non-hydrogen) atoms. The third-order valence-corrected chi connectivity index (χ3v) is 4.67. The minimum Gasteiger partial charge on any atom is -0.497 e. The minimum atomic E-state index is -3.27. The maximum Gasteiger partial charge on any atom is 0.229 e. The number of hydrogen-bond acceptors (Lipinski definition) is 6. The number of anilines is 3. The maximum absolute atomic E-state index is 11.2. The molecule has 3 rings (SSSR count). The number of rotatable bonds is 6. The monoisotopic (exact) mass is 375 g/mol. The van der Waals surface area contributed by atoms with Crippen LogP contribution in [0.2, 0.25) is 0 Å². The number of hydrogen-bond donors (Lipinski definition) is 2. The number of nitrogens with one attached hydrogen (secondary N) is 2. The summed E-state index contributed by atoms with van der Waals surface area (Å²) in [5.74, 6) is 0.774. The molecule has 1 heterocycles. The lowest BCUT2D eigenvalue weighted by atomic mass is 10.1. The van der Waals surface area contributed by atoms with Gasteiger partial charge in [-0.25, -0.2) is 13.4 Å². The molecule has 2 N–H and O–H groups in total. The van der Waals surface area contributed by atoms with E-state index in [2.05, 4.69) is 15.0 Å². The van der Waals surface area contributed by atoms with Crippen LogP contribution in [0.15, 0.2) is 53.9 Å². The van der Waals surface area contributed by atoms with Gasteiger partial charge in [0.2, 0.25) is 10.0 Å². The molecule has 0 bridgehead atoms. The van der Waals surface area contributed by atoms with Crippen LogP contribution in [0.1, 0.15) is 0 Å². The Labute approximate surface area is 150 Å². The Bertz CT molecular complexity index is 967. The summed E-state index contributed by atoms with van der Waals surface area (Å²) in [5.41, 5.74) is 3.15. The lowest BCUT2D eigenvalue weighted by molar-refractivity contribution is 0.415. The van der Waals surface area contributed by atoms with Crippen LogP contribution in [0.5, 0.6) is 5.75 Å². The quantitative estimate of drug-likeness (QED) is 0.682. The fourth-order valence-electron chi connectivity index (χ4n) is 2.21. The first-order valence-corrected chi connectivity index (χ1v) is 10.1. The van der Waals surface area contributed by atoms with Crippen LogP contribution in [-0.2, 0) is 10.0 Å². The van der Waals surface area contributed by atoms with Gasteiger partial charge in [-0.15, -0.1) is 11.3 Å². The van der Waals surface area contributed by atoms with Crippen molar-refractivity contribution < 1.29 is 13.2 Å². The highest BCUT2D eigenvalue weighted by atomic mass is 32.2. The lowest BCUT2D eigenvalue weighted by Gasteiger charge is -2.05. The van der Waals surface area contributed by atoms with Crippen LogP contribution in [0.4, 0.5) is 16.5 Å². The van der Waals surface area contributed by atoms with Gasteiger partial charge in [-0.05, 0) is 24.3 Å². The Hall–Kier alpha value is -2.58. The number of benzene rings is 2. The summed E-state index contributed by atoms with van der Waals surface area (Å²) in [7, 11) is -1.65. The standard InChI is InChI=1S/C17H17N3O3S2/c1-23-15-5-3-4-14(10-15)18-17-19-16(11-24-17)12-6-8-13(9-7-12)20-25(2,21)22/h3-11,20H,1-2H3,(H,18,19). The van der Waals surface area contributed by atoms with Gasteiger partial charge >= 0.3 is 0 Å². The Morgan fingerprint density at radius 1 is 1.08 bits per heavy atom. The van der Waals surface area contributed by atoms with Crippen molar-refractivity contribution >= 4 is 37.9 Å². The van der Waals surface area contributed by atoms with Crippen molar-refractivity contribution in [2.24, 2.45) is 0 Å². The van der Waals surface area contributed by atoms with Crippen molar-refractivity contribution in [3.63, 3.8) is 0 Å². The zero-order valence-electron chi connectivity index (χ0n) is 13.7. The Kier molecular flexibility index (Phi) is 4.91. The molecule has 0 saturated carbocycles. The molecule has 0 atom stereocenters. The first kappa shape index (κ1) is 17.2. The van der Waals surface area contributed by atoms with E-state index < -0.39 is 10.0 Å². The zero-order chi connectivity index (χ0) is 17.9. The molecule has 0 radical (unpaired) electrons. The first-order valence-electron chi connectivity index (χ1n) is 7.38. The molecule has 2 aromatic carbocycles. The highest BCUT2D eigenvalue weighted by molar-refractivity contribution is 7.92. The molecule has 0 unspecified atom stereocenters. The van der Waals surface area contributed by atoms with E-state index in [1.165, 1.54) is 11.3 Å². The van der Waals surface area contributed by atoms with Crippen LogP contribution in [-0.4, -0.2) is 26.8 Å². The summed E-state index contributed by atoms with van der Waals surface area (Å²) in [6.07, 6.45) is 1.12. The fourth-order valence-corrected chi connectivity index (χ4v) is 3.52. The Morgan fingerprint density at radius 2 is 1.84 bits per heavy atom. The van der Waals surface area contributed by atoms with Gasteiger partial charge in [-0.1, -0.05) is 18.2 Å². The summed E-state index contributed by atoms with van der Waals surface area (Å²) < 4.78 is 30.1. The largest absolute Gasteiger partial charge is 0.497 e.